The summed E-state index contributed by atoms with van der Waals surface area (Å²) in [6.45, 7) is 5.67. The maximum absolute atomic E-state index is 12.4. The van der Waals surface area contributed by atoms with Crippen molar-refractivity contribution in [1.82, 2.24) is 10.2 Å². The predicted octanol–water partition coefficient (Wildman–Crippen LogP) is 3.32. The van der Waals surface area contributed by atoms with E-state index in [0.717, 1.165) is 37.9 Å². The second kappa shape index (κ2) is 8.38. The highest BCUT2D eigenvalue weighted by Gasteiger charge is 2.20. The molecule has 1 N–H and O–H groups in total. The third-order valence-electron chi connectivity index (χ3n) is 4.36. The smallest absolute Gasteiger partial charge is 0.265 e. The van der Waals surface area contributed by atoms with Crippen LogP contribution >= 0.6 is 0 Å². The molecule has 1 heterocycles. The Balaban J connectivity index is 2.00. The van der Waals surface area contributed by atoms with Crippen molar-refractivity contribution < 1.29 is 4.79 Å². The molecule has 1 aliphatic rings. The van der Waals surface area contributed by atoms with Crippen LogP contribution in [-0.4, -0.2) is 23.9 Å². The molecule has 1 atom stereocenters. The Morgan fingerprint density at radius 1 is 1.30 bits per heavy atom. The Hall–Kier alpha value is -2.28. The zero-order chi connectivity index (χ0) is 16.7. The van der Waals surface area contributed by atoms with E-state index in [1.807, 2.05) is 13.0 Å². The lowest BCUT2D eigenvalue weighted by molar-refractivity contribution is -0.127. The molecular weight excluding hydrogens is 286 g/mol. The second-order valence-electron chi connectivity index (χ2n) is 6.01. The fraction of sp³-hybridized carbons (Fsp3) is 0.474. The molecule has 1 amide bonds. The third-order valence-corrected chi connectivity index (χ3v) is 4.36. The molecule has 0 aromatic heterocycles. The van der Waals surface area contributed by atoms with Gasteiger partial charge in [-0.05, 0) is 43.7 Å². The predicted molar refractivity (Wildman–Crippen MR) is 91.5 cm³/mol. The van der Waals surface area contributed by atoms with E-state index in [1.54, 1.807) is 11.1 Å². The van der Waals surface area contributed by atoms with Crippen LogP contribution in [0.5, 0.6) is 0 Å². The zero-order valence-corrected chi connectivity index (χ0v) is 14.0. The van der Waals surface area contributed by atoms with Crippen LogP contribution in [-0.2, 0) is 11.2 Å². The van der Waals surface area contributed by atoms with Gasteiger partial charge in [0.15, 0.2) is 0 Å². The molecule has 23 heavy (non-hydrogen) atoms. The summed E-state index contributed by atoms with van der Waals surface area (Å²) in [7, 11) is 0. The van der Waals surface area contributed by atoms with Gasteiger partial charge in [-0.1, -0.05) is 31.2 Å². The molecule has 1 aromatic rings. The maximum Gasteiger partial charge on any atom is 0.265 e. The molecule has 4 heteroatoms. The highest BCUT2D eigenvalue weighted by Crippen LogP contribution is 2.15. The van der Waals surface area contributed by atoms with Crippen LogP contribution in [0.3, 0.4) is 0 Å². The average Bonchev–Trinajstić information content (AvgIpc) is 2.62. The normalized spacial score (nSPS) is 16.6. The van der Waals surface area contributed by atoms with Crippen molar-refractivity contribution in [2.75, 3.05) is 13.1 Å². The van der Waals surface area contributed by atoms with Crippen LogP contribution in [0.1, 0.15) is 50.3 Å². The minimum absolute atomic E-state index is 0.0541. The largest absolute Gasteiger partial charge is 0.383 e. The van der Waals surface area contributed by atoms with E-state index in [1.165, 1.54) is 12.0 Å². The molecule has 122 valence electrons. The minimum atomic E-state index is -0.159. The van der Waals surface area contributed by atoms with E-state index >= 15 is 0 Å². The number of nitriles is 1. The van der Waals surface area contributed by atoms with Crippen LogP contribution in [0.25, 0.3) is 0 Å². The van der Waals surface area contributed by atoms with Gasteiger partial charge >= 0.3 is 0 Å². The van der Waals surface area contributed by atoms with E-state index in [0.29, 0.717) is 0 Å². The van der Waals surface area contributed by atoms with Crippen molar-refractivity contribution in [3.8, 4) is 6.07 Å². The van der Waals surface area contributed by atoms with E-state index in [-0.39, 0.29) is 17.5 Å². The number of carbonyl (C=O) groups is 1. The molecule has 0 radical (unpaired) electrons. The molecule has 1 saturated heterocycles. The summed E-state index contributed by atoms with van der Waals surface area (Å²) in [6.07, 6.45) is 5.80. The number of rotatable bonds is 5. The first-order valence-corrected chi connectivity index (χ1v) is 8.40. The fourth-order valence-corrected chi connectivity index (χ4v) is 2.76. The number of carbonyl (C=O) groups excluding carboxylic acids is 1. The van der Waals surface area contributed by atoms with Gasteiger partial charge < -0.3 is 10.2 Å². The standard InChI is InChI=1S/C19H25N3O/c1-3-16-7-9-17(10-8-16)15(2)21-14-18(13-20)19(23)22-11-5-4-6-12-22/h7-10,14-15,21H,3-6,11-12H2,1-2H3/b18-14-. The molecule has 2 rings (SSSR count). The lowest BCUT2D eigenvalue weighted by Gasteiger charge is -2.26. The highest BCUT2D eigenvalue weighted by atomic mass is 16.2. The summed E-state index contributed by atoms with van der Waals surface area (Å²) in [5.74, 6) is -0.159. The van der Waals surface area contributed by atoms with Crippen LogP contribution in [0, 0.1) is 11.3 Å². The number of hydrogen-bond acceptors (Lipinski definition) is 3. The lowest BCUT2D eigenvalue weighted by atomic mass is 10.0. The topological polar surface area (TPSA) is 56.1 Å². The number of hydrogen-bond donors (Lipinski definition) is 1. The van der Waals surface area contributed by atoms with E-state index in [2.05, 4.69) is 36.5 Å². The fourth-order valence-electron chi connectivity index (χ4n) is 2.76. The van der Waals surface area contributed by atoms with Crippen LogP contribution in [0.2, 0.25) is 0 Å². The summed E-state index contributed by atoms with van der Waals surface area (Å²) in [5.41, 5.74) is 2.62. The van der Waals surface area contributed by atoms with E-state index in [4.69, 9.17) is 0 Å². The Morgan fingerprint density at radius 2 is 1.96 bits per heavy atom. The summed E-state index contributed by atoms with van der Waals surface area (Å²) < 4.78 is 0. The summed E-state index contributed by atoms with van der Waals surface area (Å²) in [4.78, 5) is 14.1. The van der Waals surface area contributed by atoms with Crippen molar-refractivity contribution in [2.24, 2.45) is 0 Å². The summed E-state index contributed by atoms with van der Waals surface area (Å²) >= 11 is 0. The average molecular weight is 311 g/mol. The Kier molecular flexibility index (Phi) is 6.22. The quantitative estimate of drug-likeness (QED) is 0.670. The first-order valence-electron chi connectivity index (χ1n) is 8.40. The number of aryl methyl sites for hydroxylation is 1. The number of nitrogens with one attached hydrogen (secondary N) is 1. The Bertz CT molecular complexity index is 592. The molecule has 1 fully saturated rings. The van der Waals surface area contributed by atoms with Crippen molar-refractivity contribution in [3.63, 3.8) is 0 Å². The molecule has 4 nitrogen and oxygen atoms in total. The lowest BCUT2D eigenvalue weighted by Crippen LogP contribution is -2.36. The van der Waals surface area contributed by atoms with E-state index < -0.39 is 0 Å². The Morgan fingerprint density at radius 3 is 2.52 bits per heavy atom. The van der Waals surface area contributed by atoms with E-state index in [9.17, 15) is 10.1 Å². The van der Waals surface area contributed by atoms with Gasteiger partial charge in [0, 0.05) is 25.3 Å². The van der Waals surface area contributed by atoms with Gasteiger partial charge in [0.05, 0.1) is 0 Å². The minimum Gasteiger partial charge on any atom is -0.383 e. The first kappa shape index (κ1) is 17.1. The number of benzene rings is 1. The summed E-state index contributed by atoms with van der Waals surface area (Å²) in [6, 6.07) is 10.5. The highest BCUT2D eigenvalue weighted by molar-refractivity contribution is 5.97. The molecule has 0 spiro atoms. The number of nitrogens with zero attached hydrogens (tertiary/aromatic N) is 2. The van der Waals surface area contributed by atoms with Crippen LogP contribution < -0.4 is 5.32 Å². The number of amides is 1. The van der Waals surface area contributed by atoms with Crippen molar-refractivity contribution >= 4 is 5.91 Å². The van der Waals surface area contributed by atoms with Crippen LogP contribution in [0.4, 0.5) is 0 Å². The zero-order valence-electron chi connectivity index (χ0n) is 14.0. The SMILES string of the molecule is CCc1ccc(C(C)N/C=C(/C#N)C(=O)N2CCCCC2)cc1. The Labute approximate surface area is 138 Å². The summed E-state index contributed by atoms with van der Waals surface area (Å²) in [5, 5.41) is 12.4. The first-order chi connectivity index (χ1) is 11.2. The van der Waals surface area contributed by atoms with Gasteiger partial charge in [0.25, 0.3) is 5.91 Å². The van der Waals surface area contributed by atoms with Crippen molar-refractivity contribution in [2.45, 2.75) is 45.6 Å². The molecule has 0 aliphatic carbocycles. The molecule has 0 saturated carbocycles. The van der Waals surface area contributed by atoms with Gasteiger partial charge in [-0.15, -0.1) is 0 Å². The molecule has 0 bridgehead atoms. The van der Waals surface area contributed by atoms with Gasteiger partial charge in [0.2, 0.25) is 0 Å². The number of piperidine rings is 1. The molecule has 1 aliphatic heterocycles. The van der Waals surface area contributed by atoms with Crippen molar-refractivity contribution in [1.29, 1.82) is 5.26 Å². The van der Waals surface area contributed by atoms with Gasteiger partial charge in [-0.2, -0.15) is 5.26 Å². The van der Waals surface area contributed by atoms with Crippen LogP contribution in [0.15, 0.2) is 36.0 Å². The maximum atomic E-state index is 12.4. The molecule has 1 aromatic carbocycles. The number of likely N-dealkylation sites (tertiary alicyclic amines) is 1. The second-order valence-corrected chi connectivity index (χ2v) is 6.01. The van der Waals surface area contributed by atoms with Gasteiger partial charge in [0.1, 0.15) is 11.6 Å². The van der Waals surface area contributed by atoms with Gasteiger partial charge in [-0.3, -0.25) is 4.79 Å². The monoisotopic (exact) mass is 311 g/mol. The third kappa shape index (κ3) is 4.59. The van der Waals surface area contributed by atoms with Crippen molar-refractivity contribution in [3.05, 3.63) is 47.2 Å². The molecular formula is C19H25N3O. The van der Waals surface area contributed by atoms with Gasteiger partial charge in [-0.25, -0.2) is 0 Å². The molecule has 1 unspecified atom stereocenters.